The van der Waals surface area contributed by atoms with E-state index in [0.29, 0.717) is 21.7 Å². The Kier molecular flexibility index (Phi) is 5.20. The Bertz CT molecular complexity index is 882. The van der Waals surface area contributed by atoms with Crippen LogP contribution >= 0.6 is 23.1 Å². The average Bonchev–Trinajstić information content (AvgIpc) is 3.20. The van der Waals surface area contributed by atoms with Gasteiger partial charge in [0.1, 0.15) is 0 Å². The molecule has 4 nitrogen and oxygen atoms in total. The molecule has 1 aromatic heterocycles. The minimum atomic E-state index is -0.0315. The SMILES string of the molecule is C=CCN1C(=O)/C(=C(\C)c2ccc(C)c(C)c2)S/C1=N/c1nccs1. The number of aryl methyl sites for hydroxylation is 2. The summed E-state index contributed by atoms with van der Waals surface area (Å²) in [5, 5.41) is 3.17. The molecule has 1 amide bonds. The lowest BCUT2D eigenvalue weighted by Gasteiger charge is -2.12. The highest BCUT2D eigenvalue weighted by molar-refractivity contribution is 8.18. The van der Waals surface area contributed by atoms with Gasteiger partial charge < -0.3 is 0 Å². The second-order valence-electron chi connectivity index (χ2n) is 5.77. The number of nitrogens with zero attached hydrogens (tertiary/aromatic N) is 3. The van der Waals surface area contributed by atoms with Crippen LogP contribution < -0.4 is 0 Å². The lowest BCUT2D eigenvalue weighted by molar-refractivity contribution is -0.121. The molecular weight excluding hydrogens is 350 g/mol. The molecule has 1 fully saturated rings. The van der Waals surface area contributed by atoms with Crippen molar-refractivity contribution in [2.24, 2.45) is 4.99 Å². The molecule has 0 saturated carbocycles. The summed E-state index contributed by atoms with van der Waals surface area (Å²) in [4.78, 5) is 24.0. The van der Waals surface area contributed by atoms with Crippen molar-refractivity contribution < 1.29 is 4.79 Å². The van der Waals surface area contributed by atoms with Crippen LogP contribution in [0.4, 0.5) is 5.13 Å². The van der Waals surface area contributed by atoms with E-state index in [-0.39, 0.29) is 5.91 Å². The largest absolute Gasteiger partial charge is 0.282 e. The number of carbonyl (C=O) groups excluding carboxylic acids is 1. The molecule has 1 aromatic carbocycles. The van der Waals surface area contributed by atoms with Crippen LogP contribution in [-0.4, -0.2) is 27.5 Å². The summed E-state index contributed by atoms with van der Waals surface area (Å²) in [6, 6.07) is 6.27. The zero-order valence-electron chi connectivity index (χ0n) is 14.4. The number of amidine groups is 1. The number of thioether (sulfide) groups is 1. The van der Waals surface area contributed by atoms with Gasteiger partial charge >= 0.3 is 0 Å². The first kappa shape index (κ1) is 17.6. The zero-order chi connectivity index (χ0) is 18.0. The van der Waals surface area contributed by atoms with Gasteiger partial charge in [-0.2, -0.15) is 4.99 Å². The van der Waals surface area contributed by atoms with Gasteiger partial charge in [-0.1, -0.05) is 24.3 Å². The van der Waals surface area contributed by atoms with Gasteiger partial charge in [0, 0.05) is 18.1 Å². The highest BCUT2D eigenvalue weighted by atomic mass is 32.2. The number of amides is 1. The molecule has 0 N–H and O–H groups in total. The van der Waals surface area contributed by atoms with E-state index >= 15 is 0 Å². The molecule has 128 valence electrons. The van der Waals surface area contributed by atoms with E-state index in [1.165, 1.54) is 34.2 Å². The summed E-state index contributed by atoms with van der Waals surface area (Å²) < 4.78 is 0. The van der Waals surface area contributed by atoms with Crippen LogP contribution in [0.5, 0.6) is 0 Å². The second kappa shape index (κ2) is 7.37. The molecule has 1 aliphatic heterocycles. The first-order valence-electron chi connectivity index (χ1n) is 7.88. The van der Waals surface area contributed by atoms with E-state index in [2.05, 4.69) is 48.6 Å². The van der Waals surface area contributed by atoms with E-state index in [0.717, 1.165) is 11.1 Å². The van der Waals surface area contributed by atoms with Crippen molar-refractivity contribution in [1.29, 1.82) is 0 Å². The van der Waals surface area contributed by atoms with Gasteiger partial charge in [0.2, 0.25) is 5.13 Å². The summed E-state index contributed by atoms with van der Waals surface area (Å²) in [5.74, 6) is -0.0315. The highest BCUT2D eigenvalue weighted by Crippen LogP contribution is 2.38. The molecule has 0 bridgehead atoms. The van der Waals surface area contributed by atoms with Crippen LogP contribution in [0.3, 0.4) is 0 Å². The zero-order valence-corrected chi connectivity index (χ0v) is 16.1. The van der Waals surface area contributed by atoms with Gasteiger partial charge in [-0.15, -0.1) is 17.9 Å². The number of thiazole rings is 1. The Labute approximate surface area is 156 Å². The van der Waals surface area contributed by atoms with Gasteiger partial charge in [0.25, 0.3) is 5.91 Å². The molecule has 1 aliphatic rings. The van der Waals surface area contributed by atoms with Gasteiger partial charge in [0.15, 0.2) is 5.17 Å². The van der Waals surface area contributed by atoms with E-state index in [9.17, 15) is 4.79 Å². The summed E-state index contributed by atoms with van der Waals surface area (Å²) in [7, 11) is 0. The predicted molar refractivity (Wildman–Crippen MR) is 107 cm³/mol. The molecular formula is C19H19N3OS2. The fraction of sp³-hybridized carbons (Fsp3) is 0.211. The summed E-state index contributed by atoms with van der Waals surface area (Å²) in [6.45, 7) is 10.3. The molecule has 0 radical (unpaired) electrons. The van der Waals surface area contributed by atoms with Crippen molar-refractivity contribution in [1.82, 2.24) is 9.88 Å². The van der Waals surface area contributed by atoms with Gasteiger partial charge in [-0.3, -0.25) is 9.69 Å². The molecule has 1 saturated heterocycles. The molecule has 0 aliphatic carbocycles. The highest BCUT2D eigenvalue weighted by Gasteiger charge is 2.34. The second-order valence-corrected chi connectivity index (χ2v) is 7.62. The van der Waals surface area contributed by atoms with Crippen LogP contribution in [0.15, 0.2) is 52.3 Å². The maximum Gasteiger partial charge on any atom is 0.267 e. The minimum Gasteiger partial charge on any atom is -0.282 e. The van der Waals surface area contributed by atoms with Crippen molar-refractivity contribution in [2.75, 3.05) is 6.54 Å². The van der Waals surface area contributed by atoms with Gasteiger partial charge in [-0.25, -0.2) is 4.98 Å². The Morgan fingerprint density at radius 2 is 2.16 bits per heavy atom. The Balaban J connectivity index is 2.03. The lowest BCUT2D eigenvalue weighted by atomic mass is 10.0. The van der Waals surface area contributed by atoms with E-state index < -0.39 is 0 Å². The molecule has 2 heterocycles. The Morgan fingerprint density at radius 1 is 1.36 bits per heavy atom. The van der Waals surface area contributed by atoms with Crippen molar-refractivity contribution in [2.45, 2.75) is 20.8 Å². The number of carbonyl (C=O) groups is 1. The minimum absolute atomic E-state index is 0.0315. The van der Waals surface area contributed by atoms with Crippen molar-refractivity contribution >= 4 is 44.9 Å². The standard InChI is InChI=1S/C19H19N3OS2/c1-5-9-22-17(23)16(25-19(22)21-18-20-8-10-24-18)14(4)15-7-6-12(2)13(3)11-15/h5-8,10-11H,1,9H2,2-4H3/b16-14-,21-19+. The lowest BCUT2D eigenvalue weighted by Crippen LogP contribution is -2.29. The first-order valence-corrected chi connectivity index (χ1v) is 9.58. The number of aliphatic imine (C=N–C) groups is 1. The monoisotopic (exact) mass is 369 g/mol. The number of hydrogen-bond donors (Lipinski definition) is 0. The number of benzene rings is 1. The van der Waals surface area contributed by atoms with Crippen LogP contribution in [0.2, 0.25) is 0 Å². The third-order valence-corrected chi connectivity index (χ3v) is 5.91. The van der Waals surface area contributed by atoms with Crippen molar-refractivity contribution in [3.63, 3.8) is 0 Å². The molecule has 0 atom stereocenters. The van der Waals surface area contributed by atoms with Gasteiger partial charge in [-0.05, 0) is 54.8 Å². The quantitative estimate of drug-likeness (QED) is 0.566. The number of allylic oxidation sites excluding steroid dienone is 1. The number of rotatable bonds is 4. The normalized spacial score (nSPS) is 18.1. The van der Waals surface area contributed by atoms with Crippen LogP contribution in [0.25, 0.3) is 5.57 Å². The Morgan fingerprint density at radius 3 is 2.80 bits per heavy atom. The smallest absolute Gasteiger partial charge is 0.267 e. The third-order valence-electron chi connectivity index (χ3n) is 4.07. The summed E-state index contributed by atoms with van der Waals surface area (Å²) in [5.41, 5.74) is 4.49. The predicted octanol–water partition coefficient (Wildman–Crippen LogP) is 4.94. The number of hydrogen-bond acceptors (Lipinski definition) is 5. The maximum absolute atomic E-state index is 12.9. The molecule has 25 heavy (non-hydrogen) atoms. The topological polar surface area (TPSA) is 45.6 Å². The fourth-order valence-electron chi connectivity index (χ4n) is 2.47. The van der Waals surface area contributed by atoms with Crippen LogP contribution in [0.1, 0.15) is 23.6 Å². The first-order chi connectivity index (χ1) is 12.0. The molecule has 0 spiro atoms. The van der Waals surface area contributed by atoms with Crippen molar-refractivity contribution in [3.05, 3.63) is 64.0 Å². The average molecular weight is 370 g/mol. The van der Waals surface area contributed by atoms with Crippen LogP contribution in [-0.2, 0) is 4.79 Å². The molecule has 6 heteroatoms. The summed E-state index contributed by atoms with van der Waals surface area (Å²) in [6.07, 6.45) is 3.42. The maximum atomic E-state index is 12.9. The molecule has 0 unspecified atom stereocenters. The van der Waals surface area contributed by atoms with Gasteiger partial charge in [0.05, 0.1) is 4.91 Å². The Hall–Kier alpha value is -2.18. The third kappa shape index (κ3) is 3.60. The van der Waals surface area contributed by atoms with Crippen LogP contribution in [0, 0.1) is 13.8 Å². The number of aromatic nitrogens is 1. The van der Waals surface area contributed by atoms with Crippen molar-refractivity contribution in [3.8, 4) is 0 Å². The molecule has 3 rings (SSSR count). The van der Waals surface area contributed by atoms with E-state index in [1.807, 2.05) is 12.3 Å². The summed E-state index contributed by atoms with van der Waals surface area (Å²) >= 11 is 2.85. The van der Waals surface area contributed by atoms with E-state index in [4.69, 9.17) is 0 Å². The molecule has 2 aromatic rings. The fourth-order valence-corrected chi connectivity index (χ4v) is 4.08. The van der Waals surface area contributed by atoms with E-state index in [1.54, 1.807) is 17.2 Å².